The first-order valence-corrected chi connectivity index (χ1v) is 6.29. The standard InChI is InChI=1S/C13H17FN4O/c1-2-6-16-12(19)5-7-18-11-8-9(14)3-4-10(11)17-13(18)15/h3-4,8H,2,5-7H2,1H3,(H2,15,17)(H,16,19). The lowest BCUT2D eigenvalue weighted by atomic mass is 10.3. The summed E-state index contributed by atoms with van der Waals surface area (Å²) in [6, 6.07) is 4.30. The molecule has 0 unspecified atom stereocenters. The molecule has 0 bridgehead atoms. The Kier molecular flexibility index (Phi) is 3.99. The molecule has 0 saturated heterocycles. The third-order valence-electron chi connectivity index (χ3n) is 2.87. The summed E-state index contributed by atoms with van der Waals surface area (Å²) < 4.78 is 14.9. The molecule has 5 nitrogen and oxygen atoms in total. The van der Waals surface area contributed by atoms with Crippen LogP contribution in [-0.2, 0) is 11.3 Å². The summed E-state index contributed by atoms with van der Waals surface area (Å²) >= 11 is 0. The molecule has 0 aliphatic heterocycles. The summed E-state index contributed by atoms with van der Waals surface area (Å²) in [7, 11) is 0. The maximum absolute atomic E-state index is 13.2. The Balaban J connectivity index is 2.13. The molecular weight excluding hydrogens is 247 g/mol. The average molecular weight is 264 g/mol. The van der Waals surface area contributed by atoms with Crippen LogP contribution in [0.4, 0.5) is 10.3 Å². The number of nitrogen functional groups attached to an aromatic ring is 1. The van der Waals surface area contributed by atoms with Crippen LogP contribution in [0.2, 0.25) is 0 Å². The number of nitrogens with two attached hydrogens (primary N) is 1. The Morgan fingerprint density at radius 1 is 1.53 bits per heavy atom. The number of aromatic nitrogens is 2. The van der Waals surface area contributed by atoms with E-state index in [-0.39, 0.29) is 11.7 Å². The molecule has 0 radical (unpaired) electrons. The first-order chi connectivity index (χ1) is 9.11. The van der Waals surface area contributed by atoms with Gasteiger partial charge in [-0.15, -0.1) is 0 Å². The van der Waals surface area contributed by atoms with Gasteiger partial charge in [0.05, 0.1) is 11.0 Å². The molecule has 0 spiro atoms. The summed E-state index contributed by atoms with van der Waals surface area (Å²) in [5.41, 5.74) is 7.03. The lowest BCUT2D eigenvalue weighted by Crippen LogP contribution is -2.25. The smallest absolute Gasteiger partial charge is 0.221 e. The van der Waals surface area contributed by atoms with Gasteiger partial charge in [0.25, 0.3) is 0 Å². The zero-order valence-corrected chi connectivity index (χ0v) is 10.8. The normalized spacial score (nSPS) is 10.8. The third-order valence-corrected chi connectivity index (χ3v) is 2.87. The molecule has 1 heterocycles. The summed E-state index contributed by atoms with van der Waals surface area (Å²) in [6.45, 7) is 3.04. The van der Waals surface area contributed by atoms with Crippen LogP contribution < -0.4 is 11.1 Å². The van der Waals surface area contributed by atoms with Gasteiger partial charge in [0.2, 0.25) is 11.9 Å². The number of fused-ring (bicyclic) bond motifs is 1. The highest BCUT2D eigenvalue weighted by Gasteiger charge is 2.10. The van der Waals surface area contributed by atoms with Gasteiger partial charge in [0, 0.05) is 19.5 Å². The number of hydrogen-bond donors (Lipinski definition) is 2. The van der Waals surface area contributed by atoms with Gasteiger partial charge in [-0.1, -0.05) is 6.92 Å². The lowest BCUT2D eigenvalue weighted by molar-refractivity contribution is -0.121. The second kappa shape index (κ2) is 5.69. The number of hydrogen-bond acceptors (Lipinski definition) is 3. The van der Waals surface area contributed by atoms with Crippen molar-refractivity contribution in [1.29, 1.82) is 0 Å². The minimum atomic E-state index is -0.343. The topological polar surface area (TPSA) is 72.9 Å². The monoisotopic (exact) mass is 264 g/mol. The van der Waals surface area contributed by atoms with Crippen LogP contribution in [0.15, 0.2) is 18.2 Å². The van der Waals surface area contributed by atoms with Gasteiger partial charge >= 0.3 is 0 Å². The number of rotatable bonds is 5. The molecule has 3 N–H and O–H groups in total. The van der Waals surface area contributed by atoms with Crippen LogP contribution in [-0.4, -0.2) is 22.0 Å². The van der Waals surface area contributed by atoms with Crippen LogP contribution in [0.25, 0.3) is 11.0 Å². The Morgan fingerprint density at radius 2 is 2.32 bits per heavy atom. The SMILES string of the molecule is CCCNC(=O)CCn1c(N)nc2ccc(F)cc21. The van der Waals surface area contributed by atoms with E-state index in [1.165, 1.54) is 12.1 Å². The predicted octanol–water partition coefficient (Wildman–Crippen LogP) is 1.67. The molecular formula is C13H17FN4O. The highest BCUT2D eigenvalue weighted by molar-refractivity contribution is 5.79. The van der Waals surface area contributed by atoms with Gasteiger partial charge in [0.15, 0.2) is 0 Å². The second-order valence-electron chi connectivity index (χ2n) is 4.35. The van der Waals surface area contributed by atoms with Crippen molar-refractivity contribution < 1.29 is 9.18 Å². The quantitative estimate of drug-likeness (QED) is 0.862. The minimum absolute atomic E-state index is 0.0421. The van der Waals surface area contributed by atoms with Crippen LogP contribution in [0, 0.1) is 5.82 Å². The van der Waals surface area contributed by atoms with Crippen LogP contribution in [0.5, 0.6) is 0 Å². The van der Waals surface area contributed by atoms with Crippen LogP contribution in [0.3, 0.4) is 0 Å². The molecule has 6 heteroatoms. The van der Waals surface area contributed by atoms with Crippen molar-refractivity contribution in [2.75, 3.05) is 12.3 Å². The number of nitrogens with zero attached hydrogens (tertiary/aromatic N) is 2. The van der Waals surface area contributed by atoms with E-state index in [1.807, 2.05) is 6.92 Å². The average Bonchev–Trinajstić information content (AvgIpc) is 2.69. The number of carbonyl (C=O) groups excluding carboxylic acids is 1. The van der Waals surface area contributed by atoms with Gasteiger partial charge < -0.3 is 15.6 Å². The molecule has 0 saturated carbocycles. The van der Waals surface area contributed by atoms with Crippen molar-refractivity contribution in [2.45, 2.75) is 26.3 Å². The first-order valence-electron chi connectivity index (χ1n) is 6.29. The van der Waals surface area contributed by atoms with Crippen molar-refractivity contribution in [2.24, 2.45) is 0 Å². The van der Waals surface area contributed by atoms with Crippen molar-refractivity contribution in [3.8, 4) is 0 Å². The number of benzene rings is 1. The van der Waals surface area contributed by atoms with E-state index >= 15 is 0 Å². The number of aryl methyl sites for hydroxylation is 1. The van der Waals surface area contributed by atoms with Crippen LogP contribution in [0.1, 0.15) is 19.8 Å². The van der Waals surface area contributed by atoms with Gasteiger partial charge in [-0.25, -0.2) is 9.37 Å². The van der Waals surface area contributed by atoms with Gasteiger partial charge in [-0.3, -0.25) is 4.79 Å². The predicted molar refractivity (Wildman–Crippen MR) is 72.0 cm³/mol. The van der Waals surface area contributed by atoms with Crippen molar-refractivity contribution in [3.63, 3.8) is 0 Å². The van der Waals surface area contributed by atoms with Crippen molar-refractivity contribution in [3.05, 3.63) is 24.0 Å². The molecule has 0 atom stereocenters. The summed E-state index contributed by atoms with van der Waals surface area (Å²) in [6.07, 6.45) is 1.19. The fraction of sp³-hybridized carbons (Fsp3) is 0.385. The number of anilines is 1. The Labute approximate surface area is 110 Å². The van der Waals surface area contributed by atoms with Gasteiger partial charge in [-0.05, 0) is 24.6 Å². The highest BCUT2D eigenvalue weighted by atomic mass is 19.1. The van der Waals surface area contributed by atoms with E-state index < -0.39 is 0 Å². The third kappa shape index (κ3) is 3.01. The zero-order chi connectivity index (χ0) is 13.8. The molecule has 19 heavy (non-hydrogen) atoms. The maximum Gasteiger partial charge on any atom is 0.221 e. The lowest BCUT2D eigenvalue weighted by Gasteiger charge is -2.07. The molecule has 1 aromatic carbocycles. The first kappa shape index (κ1) is 13.3. The molecule has 1 amide bonds. The molecule has 0 aliphatic rings. The van der Waals surface area contributed by atoms with E-state index in [9.17, 15) is 9.18 Å². The summed E-state index contributed by atoms with van der Waals surface area (Å²) in [5.74, 6) is -0.0903. The van der Waals surface area contributed by atoms with Crippen molar-refractivity contribution >= 4 is 22.9 Å². The fourth-order valence-corrected chi connectivity index (χ4v) is 1.92. The molecule has 102 valence electrons. The molecule has 1 aromatic heterocycles. The number of nitrogens with one attached hydrogen (secondary N) is 1. The van der Waals surface area contributed by atoms with E-state index in [0.29, 0.717) is 36.5 Å². The minimum Gasteiger partial charge on any atom is -0.369 e. The second-order valence-corrected chi connectivity index (χ2v) is 4.35. The Morgan fingerprint density at radius 3 is 3.05 bits per heavy atom. The maximum atomic E-state index is 13.2. The Hall–Kier alpha value is -2.11. The van der Waals surface area contributed by atoms with E-state index in [1.54, 1.807) is 10.6 Å². The number of halogens is 1. The largest absolute Gasteiger partial charge is 0.369 e. The van der Waals surface area contributed by atoms with E-state index in [2.05, 4.69) is 10.3 Å². The van der Waals surface area contributed by atoms with Gasteiger partial charge in [-0.2, -0.15) is 0 Å². The molecule has 2 aromatic rings. The number of amides is 1. The zero-order valence-electron chi connectivity index (χ0n) is 10.8. The van der Waals surface area contributed by atoms with Crippen LogP contribution >= 0.6 is 0 Å². The Bertz CT molecular complexity index is 594. The molecule has 0 fully saturated rings. The van der Waals surface area contributed by atoms with Gasteiger partial charge in [0.1, 0.15) is 5.82 Å². The van der Waals surface area contributed by atoms with Crippen molar-refractivity contribution in [1.82, 2.24) is 14.9 Å². The van der Waals surface area contributed by atoms with E-state index in [4.69, 9.17) is 5.73 Å². The number of imidazole rings is 1. The van der Waals surface area contributed by atoms with E-state index in [0.717, 1.165) is 6.42 Å². The fourth-order valence-electron chi connectivity index (χ4n) is 1.92. The summed E-state index contributed by atoms with van der Waals surface area (Å²) in [5, 5.41) is 2.79. The molecule has 2 rings (SSSR count). The highest BCUT2D eigenvalue weighted by Crippen LogP contribution is 2.19. The molecule has 0 aliphatic carbocycles. The summed E-state index contributed by atoms with van der Waals surface area (Å²) in [4.78, 5) is 15.7. The number of carbonyl (C=O) groups is 1.